The number of hydrogen-bond acceptors (Lipinski definition) is 5. The third-order valence-corrected chi connectivity index (χ3v) is 4.58. The smallest absolute Gasteiger partial charge is 0.257 e. The van der Waals surface area contributed by atoms with E-state index in [9.17, 15) is 4.79 Å². The number of carbonyl (C=O) groups is 1. The van der Waals surface area contributed by atoms with Crippen LogP contribution in [0.15, 0.2) is 53.9 Å². The fourth-order valence-electron chi connectivity index (χ4n) is 2.43. The van der Waals surface area contributed by atoms with Crippen LogP contribution in [-0.2, 0) is 11.2 Å². The van der Waals surface area contributed by atoms with E-state index in [0.29, 0.717) is 22.9 Å². The molecule has 1 amide bonds. The van der Waals surface area contributed by atoms with Crippen molar-refractivity contribution in [2.24, 2.45) is 0 Å². The van der Waals surface area contributed by atoms with Crippen LogP contribution in [0.3, 0.4) is 0 Å². The number of nitriles is 1. The number of nitrogens with zero attached hydrogens (tertiary/aromatic N) is 2. The molecule has 0 radical (unpaired) electrons. The van der Waals surface area contributed by atoms with E-state index in [4.69, 9.17) is 10.00 Å². The predicted molar refractivity (Wildman–Crippen MR) is 102 cm³/mol. The van der Waals surface area contributed by atoms with Crippen LogP contribution >= 0.6 is 11.3 Å². The summed E-state index contributed by atoms with van der Waals surface area (Å²) in [5.74, 6) is -0.280. The molecule has 1 N–H and O–H groups in total. The van der Waals surface area contributed by atoms with Gasteiger partial charge in [0.1, 0.15) is 0 Å². The number of rotatable bonds is 6. The van der Waals surface area contributed by atoms with Gasteiger partial charge in [0, 0.05) is 23.6 Å². The van der Waals surface area contributed by atoms with Crippen LogP contribution in [0.4, 0.5) is 5.13 Å². The largest absolute Gasteiger partial charge is 0.384 e. The summed E-state index contributed by atoms with van der Waals surface area (Å²) in [6.07, 6.45) is 0.872. The second-order valence-corrected chi connectivity index (χ2v) is 6.48. The fraction of sp³-hybridized carbons (Fsp3) is 0.150. The first-order chi connectivity index (χ1) is 12.7. The van der Waals surface area contributed by atoms with E-state index in [0.717, 1.165) is 17.7 Å². The summed E-state index contributed by atoms with van der Waals surface area (Å²) in [6.45, 7) is 0.694. The van der Waals surface area contributed by atoms with E-state index >= 15 is 0 Å². The molecule has 0 aliphatic rings. The van der Waals surface area contributed by atoms with Gasteiger partial charge in [0.2, 0.25) is 0 Å². The molecule has 1 heterocycles. The minimum absolute atomic E-state index is 0.280. The molecule has 3 rings (SSSR count). The molecular weight excluding hydrogens is 346 g/mol. The van der Waals surface area contributed by atoms with Gasteiger partial charge >= 0.3 is 0 Å². The van der Waals surface area contributed by atoms with Crippen LogP contribution in [0.25, 0.3) is 11.3 Å². The van der Waals surface area contributed by atoms with Crippen LogP contribution in [0.5, 0.6) is 0 Å². The monoisotopic (exact) mass is 363 g/mol. The Bertz CT molecular complexity index is 942. The van der Waals surface area contributed by atoms with E-state index in [1.807, 2.05) is 23.6 Å². The van der Waals surface area contributed by atoms with Gasteiger partial charge in [0.05, 0.1) is 23.9 Å². The summed E-state index contributed by atoms with van der Waals surface area (Å²) in [4.78, 5) is 16.8. The molecule has 26 heavy (non-hydrogen) atoms. The van der Waals surface area contributed by atoms with Crippen molar-refractivity contribution in [3.8, 4) is 17.3 Å². The molecule has 1 aromatic heterocycles. The van der Waals surface area contributed by atoms with Gasteiger partial charge in [-0.15, -0.1) is 11.3 Å². The Morgan fingerprint density at radius 3 is 2.81 bits per heavy atom. The maximum Gasteiger partial charge on any atom is 0.257 e. The third-order valence-electron chi connectivity index (χ3n) is 3.82. The van der Waals surface area contributed by atoms with Gasteiger partial charge in [-0.25, -0.2) is 4.98 Å². The van der Waals surface area contributed by atoms with Crippen molar-refractivity contribution in [1.29, 1.82) is 5.26 Å². The first-order valence-corrected chi connectivity index (χ1v) is 8.93. The average Bonchev–Trinajstić information content (AvgIpc) is 3.15. The number of anilines is 1. The molecule has 130 valence electrons. The van der Waals surface area contributed by atoms with Crippen LogP contribution in [0.2, 0.25) is 0 Å². The number of aromatic nitrogens is 1. The molecule has 5 nitrogen and oxygen atoms in total. The molecule has 0 aliphatic carbocycles. The maximum atomic E-state index is 12.3. The Kier molecular flexibility index (Phi) is 5.74. The molecule has 2 aromatic carbocycles. The maximum absolute atomic E-state index is 12.3. The summed E-state index contributed by atoms with van der Waals surface area (Å²) in [5.41, 5.74) is 3.90. The number of amides is 1. The van der Waals surface area contributed by atoms with Crippen LogP contribution in [-0.4, -0.2) is 24.6 Å². The van der Waals surface area contributed by atoms with Gasteiger partial charge in [-0.1, -0.05) is 30.3 Å². The molecule has 0 aliphatic heterocycles. The average molecular weight is 363 g/mol. The first-order valence-electron chi connectivity index (χ1n) is 8.05. The van der Waals surface area contributed by atoms with E-state index in [1.165, 1.54) is 16.9 Å². The van der Waals surface area contributed by atoms with Gasteiger partial charge in [0.15, 0.2) is 5.13 Å². The first kappa shape index (κ1) is 17.8. The zero-order chi connectivity index (χ0) is 18.4. The topological polar surface area (TPSA) is 75.0 Å². The SMILES string of the molecule is COCCc1ccc(-c2csc(NC(=O)c3cccc(C#N)c3)n2)cc1. The van der Waals surface area contributed by atoms with E-state index < -0.39 is 0 Å². The minimum atomic E-state index is -0.280. The van der Waals surface area contributed by atoms with Crippen LogP contribution in [0.1, 0.15) is 21.5 Å². The third kappa shape index (κ3) is 4.33. The summed E-state index contributed by atoms with van der Waals surface area (Å²) >= 11 is 1.37. The molecule has 0 saturated heterocycles. The number of carbonyl (C=O) groups excluding carboxylic acids is 1. The number of ether oxygens (including phenoxy) is 1. The summed E-state index contributed by atoms with van der Waals surface area (Å²) in [6, 6.07) is 16.7. The molecule has 0 unspecified atom stereocenters. The second-order valence-electron chi connectivity index (χ2n) is 5.62. The zero-order valence-electron chi connectivity index (χ0n) is 14.2. The lowest BCUT2D eigenvalue weighted by Crippen LogP contribution is -2.11. The van der Waals surface area contributed by atoms with Gasteiger partial charge in [-0.2, -0.15) is 5.26 Å². The van der Waals surface area contributed by atoms with E-state index in [-0.39, 0.29) is 5.91 Å². The fourth-order valence-corrected chi connectivity index (χ4v) is 3.14. The molecule has 0 atom stereocenters. The quantitative estimate of drug-likeness (QED) is 0.715. The summed E-state index contributed by atoms with van der Waals surface area (Å²) in [7, 11) is 1.69. The van der Waals surface area contributed by atoms with Crippen molar-refractivity contribution in [2.75, 3.05) is 19.0 Å². The van der Waals surface area contributed by atoms with Crippen molar-refractivity contribution in [3.05, 3.63) is 70.6 Å². The number of benzene rings is 2. The number of thiazole rings is 1. The number of nitrogens with one attached hydrogen (secondary N) is 1. The van der Waals surface area contributed by atoms with Gasteiger partial charge < -0.3 is 4.74 Å². The zero-order valence-corrected chi connectivity index (χ0v) is 15.0. The van der Waals surface area contributed by atoms with Crippen molar-refractivity contribution in [2.45, 2.75) is 6.42 Å². The summed E-state index contributed by atoms with van der Waals surface area (Å²) in [5, 5.41) is 14.1. The Labute approximate surface area is 155 Å². The van der Waals surface area contributed by atoms with E-state index in [2.05, 4.69) is 22.4 Å². The Morgan fingerprint density at radius 1 is 1.27 bits per heavy atom. The molecule has 0 spiro atoms. The lowest BCUT2D eigenvalue weighted by atomic mass is 10.1. The molecule has 6 heteroatoms. The molecule has 0 saturated carbocycles. The molecular formula is C20H17N3O2S. The van der Waals surface area contributed by atoms with Crippen molar-refractivity contribution < 1.29 is 9.53 Å². The van der Waals surface area contributed by atoms with Crippen molar-refractivity contribution >= 4 is 22.4 Å². The number of methoxy groups -OCH3 is 1. The number of hydrogen-bond donors (Lipinski definition) is 1. The van der Waals surface area contributed by atoms with Crippen LogP contribution in [0, 0.1) is 11.3 Å². The van der Waals surface area contributed by atoms with Crippen molar-refractivity contribution in [1.82, 2.24) is 4.98 Å². The summed E-state index contributed by atoms with van der Waals surface area (Å²) < 4.78 is 5.08. The predicted octanol–water partition coefficient (Wildman–Crippen LogP) is 4.12. The van der Waals surface area contributed by atoms with Gasteiger partial charge in [-0.3, -0.25) is 10.1 Å². The van der Waals surface area contributed by atoms with Gasteiger partial charge in [0.25, 0.3) is 5.91 Å². The normalized spacial score (nSPS) is 10.3. The lowest BCUT2D eigenvalue weighted by Gasteiger charge is -2.03. The minimum Gasteiger partial charge on any atom is -0.384 e. The highest BCUT2D eigenvalue weighted by atomic mass is 32.1. The van der Waals surface area contributed by atoms with Crippen molar-refractivity contribution in [3.63, 3.8) is 0 Å². The lowest BCUT2D eigenvalue weighted by molar-refractivity contribution is 0.102. The second kappa shape index (κ2) is 8.39. The van der Waals surface area contributed by atoms with Gasteiger partial charge in [-0.05, 0) is 30.2 Å². The standard InChI is InChI=1S/C20H17N3O2S/c1-25-10-9-14-5-7-16(8-6-14)18-13-26-20(22-18)23-19(24)17-4-2-3-15(11-17)12-21/h2-8,11,13H,9-10H2,1H3,(H,22,23,24). The highest BCUT2D eigenvalue weighted by molar-refractivity contribution is 7.14. The molecule has 0 fully saturated rings. The Hall–Kier alpha value is -3.01. The molecule has 0 bridgehead atoms. The Balaban J connectivity index is 1.69. The molecule has 3 aromatic rings. The Morgan fingerprint density at radius 2 is 2.08 bits per heavy atom. The van der Waals surface area contributed by atoms with Crippen LogP contribution < -0.4 is 5.32 Å². The highest BCUT2D eigenvalue weighted by Gasteiger charge is 2.10. The van der Waals surface area contributed by atoms with E-state index in [1.54, 1.807) is 31.4 Å². The highest BCUT2D eigenvalue weighted by Crippen LogP contribution is 2.25.